The van der Waals surface area contributed by atoms with E-state index in [0.717, 1.165) is 17.7 Å². The fourth-order valence-electron chi connectivity index (χ4n) is 4.87. The topological polar surface area (TPSA) is 58.6 Å². The van der Waals surface area contributed by atoms with Crippen LogP contribution in [0.15, 0.2) is 66.7 Å². The zero-order valence-electron chi connectivity index (χ0n) is 18.5. The normalized spacial score (nSPS) is 16.7. The van der Waals surface area contributed by atoms with E-state index in [9.17, 15) is 9.59 Å². The van der Waals surface area contributed by atoms with E-state index in [0.29, 0.717) is 53.9 Å². The molecule has 5 nitrogen and oxygen atoms in total. The molecule has 0 saturated carbocycles. The van der Waals surface area contributed by atoms with Gasteiger partial charge in [-0.25, -0.2) is 0 Å². The number of nitrogens with zero attached hydrogens (tertiary/aromatic N) is 1. The highest BCUT2D eigenvalue weighted by molar-refractivity contribution is 6.35. The molecule has 2 aliphatic heterocycles. The van der Waals surface area contributed by atoms with Crippen LogP contribution in [-0.4, -0.2) is 31.6 Å². The van der Waals surface area contributed by atoms with Crippen LogP contribution in [0.3, 0.4) is 0 Å². The Morgan fingerprint density at radius 3 is 2.41 bits per heavy atom. The average molecular weight is 495 g/mol. The predicted molar refractivity (Wildman–Crippen MR) is 135 cm³/mol. The summed E-state index contributed by atoms with van der Waals surface area (Å²) < 4.78 is 5.53. The van der Waals surface area contributed by atoms with Gasteiger partial charge in [-0.15, -0.1) is 0 Å². The second kappa shape index (κ2) is 9.41. The Kier molecular flexibility index (Phi) is 6.34. The number of carbonyl (C=O) groups excluding carboxylic acids is 2. The smallest absolute Gasteiger partial charge is 0.258 e. The standard InChI is InChI=1S/C27H24Cl2N2O3/c28-20-7-10-22(23(29)17-20)27(12-15-34-16-13-27)26(33)30-21-8-5-19(6-9-21)25(32)31-14-11-18-3-1-2-4-24(18)31/h1-10,17H,11-16H2,(H,30,33). The molecular formula is C27H24Cl2N2O3. The lowest BCUT2D eigenvalue weighted by Crippen LogP contribution is -2.45. The maximum absolute atomic E-state index is 13.6. The van der Waals surface area contributed by atoms with Crippen molar-refractivity contribution in [3.63, 3.8) is 0 Å². The SMILES string of the molecule is O=C(c1ccc(NC(=O)C2(c3ccc(Cl)cc3Cl)CCOCC2)cc1)N1CCc2ccccc21. The molecule has 0 unspecified atom stereocenters. The minimum Gasteiger partial charge on any atom is -0.381 e. The number of rotatable bonds is 4. The molecule has 0 spiro atoms. The molecule has 0 radical (unpaired) electrons. The van der Waals surface area contributed by atoms with Crippen molar-refractivity contribution < 1.29 is 14.3 Å². The summed E-state index contributed by atoms with van der Waals surface area (Å²) in [5, 5.41) is 4.03. The highest BCUT2D eigenvalue weighted by Crippen LogP contribution is 2.40. The van der Waals surface area contributed by atoms with Gasteiger partial charge in [0, 0.05) is 46.7 Å². The zero-order valence-corrected chi connectivity index (χ0v) is 20.0. The van der Waals surface area contributed by atoms with E-state index in [1.807, 2.05) is 29.2 Å². The van der Waals surface area contributed by atoms with Crippen molar-refractivity contribution in [1.29, 1.82) is 0 Å². The molecule has 2 heterocycles. The zero-order chi connectivity index (χ0) is 23.7. The van der Waals surface area contributed by atoms with Crippen LogP contribution >= 0.6 is 23.2 Å². The Bertz CT molecular complexity index is 1240. The molecule has 5 rings (SSSR count). The Hall–Kier alpha value is -2.86. The number of para-hydroxylation sites is 1. The third-order valence-electron chi connectivity index (χ3n) is 6.75. The molecule has 0 atom stereocenters. The van der Waals surface area contributed by atoms with Crippen LogP contribution in [0, 0.1) is 0 Å². The Morgan fingerprint density at radius 1 is 0.941 bits per heavy atom. The Balaban J connectivity index is 1.36. The van der Waals surface area contributed by atoms with Gasteiger partial charge in [0.15, 0.2) is 0 Å². The van der Waals surface area contributed by atoms with E-state index in [2.05, 4.69) is 11.4 Å². The number of amides is 2. The van der Waals surface area contributed by atoms with Gasteiger partial charge in [-0.3, -0.25) is 9.59 Å². The summed E-state index contributed by atoms with van der Waals surface area (Å²) in [6, 6.07) is 20.3. The van der Waals surface area contributed by atoms with Crippen LogP contribution in [0.25, 0.3) is 0 Å². The van der Waals surface area contributed by atoms with Gasteiger partial charge in [-0.1, -0.05) is 47.5 Å². The second-order valence-corrected chi connectivity index (χ2v) is 9.53. The number of carbonyl (C=O) groups is 2. The number of hydrogen-bond donors (Lipinski definition) is 1. The first kappa shape index (κ1) is 22.9. The average Bonchev–Trinajstić information content (AvgIpc) is 3.29. The largest absolute Gasteiger partial charge is 0.381 e. The summed E-state index contributed by atoms with van der Waals surface area (Å²) in [7, 11) is 0. The predicted octanol–water partition coefficient (Wildman–Crippen LogP) is 5.88. The lowest BCUT2D eigenvalue weighted by Gasteiger charge is -2.36. The molecule has 174 valence electrons. The summed E-state index contributed by atoms with van der Waals surface area (Å²) >= 11 is 12.6. The van der Waals surface area contributed by atoms with Crippen LogP contribution in [0.4, 0.5) is 11.4 Å². The van der Waals surface area contributed by atoms with Crippen molar-refractivity contribution in [3.05, 3.63) is 93.5 Å². The number of fused-ring (bicyclic) bond motifs is 1. The minimum atomic E-state index is -0.812. The van der Waals surface area contributed by atoms with Crippen LogP contribution in [0.1, 0.15) is 34.3 Å². The molecular weight excluding hydrogens is 471 g/mol. The molecule has 7 heteroatoms. The van der Waals surface area contributed by atoms with Gasteiger partial charge in [-0.05, 0) is 72.9 Å². The fourth-order valence-corrected chi connectivity index (χ4v) is 5.46. The third-order valence-corrected chi connectivity index (χ3v) is 7.30. The van der Waals surface area contributed by atoms with E-state index in [1.165, 1.54) is 5.56 Å². The van der Waals surface area contributed by atoms with Crippen molar-refractivity contribution in [1.82, 2.24) is 0 Å². The molecule has 2 aliphatic rings. The van der Waals surface area contributed by atoms with Crippen molar-refractivity contribution in [3.8, 4) is 0 Å². The van der Waals surface area contributed by atoms with E-state index < -0.39 is 5.41 Å². The van der Waals surface area contributed by atoms with E-state index >= 15 is 0 Å². The molecule has 0 bridgehead atoms. The molecule has 1 saturated heterocycles. The van der Waals surface area contributed by atoms with Gasteiger partial charge in [0.05, 0.1) is 5.41 Å². The quantitative estimate of drug-likeness (QED) is 0.492. The molecule has 0 aliphatic carbocycles. The van der Waals surface area contributed by atoms with Gasteiger partial charge < -0.3 is 15.0 Å². The molecule has 1 fully saturated rings. The lowest BCUT2D eigenvalue weighted by atomic mass is 9.73. The van der Waals surface area contributed by atoms with Gasteiger partial charge >= 0.3 is 0 Å². The summed E-state index contributed by atoms with van der Waals surface area (Å²) in [5.74, 6) is -0.191. The maximum atomic E-state index is 13.6. The molecule has 1 N–H and O–H groups in total. The number of anilines is 2. The maximum Gasteiger partial charge on any atom is 0.258 e. The van der Waals surface area contributed by atoms with E-state index in [4.69, 9.17) is 27.9 Å². The van der Waals surface area contributed by atoms with Crippen LogP contribution in [0.2, 0.25) is 10.0 Å². The summed E-state index contributed by atoms with van der Waals surface area (Å²) in [6.45, 7) is 1.61. The molecule has 0 aromatic heterocycles. The van der Waals surface area contributed by atoms with Crippen LogP contribution in [-0.2, 0) is 21.4 Å². The van der Waals surface area contributed by atoms with Gasteiger partial charge in [0.2, 0.25) is 5.91 Å². The lowest BCUT2D eigenvalue weighted by molar-refractivity contribution is -0.125. The number of nitrogens with one attached hydrogen (secondary N) is 1. The number of ether oxygens (including phenoxy) is 1. The highest BCUT2D eigenvalue weighted by Gasteiger charge is 2.43. The first-order valence-electron chi connectivity index (χ1n) is 11.3. The number of halogens is 2. The third kappa shape index (κ3) is 4.20. The van der Waals surface area contributed by atoms with Crippen molar-refractivity contribution in [2.24, 2.45) is 0 Å². The Morgan fingerprint density at radius 2 is 1.68 bits per heavy atom. The first-order valence-corrected chi connectivity index (χ1v) is 12.1. The van der Waals surface area contributed by atoms with Crippen molar-refractivity contribution in [2.75, 3.05) is 30.0 Å². The van der Waals surface area contributed by atoms with Crippen molar-refractivity contribution in [2.45, 2.75) is 24.7 Å². The highest BCUT2D eigenvalue weighted by atomic mass is 35.5. The molecule has 3 aromatic rings. The molecule has 3 aromatic carbocycles. The van der Waals surface area contributed by atoms with Crippen LogP contribution in [0.5, 0.6) is 0 Å². The fraction of sp³-hybridized carbons (Fsp3) is 0.259. The van der Waals surface area contributed by atoms with Gasteiger partial charge in [-0.2, -0.15) is 0 Å². The molecule has 2 amide bonds. The number of benzene rings is 3. The molecule has 34 heavy (non-hydrogen) atoms. The van der Waals surface area contributed by atoms with Gasteiger partial charge in [0.1, 0.15) is 0 Å². The van der Waals surface area contributed by atoms with Gasteiger partial charge in [0.25, 0.3) is 5.91 Å². The first-order chi connectivity index (χ1) is 16.5. The summed E-state index contributed by atoms with van der Waals surface area (Å²) in [5.41, 5.74) is 3.29. The monoisotopic (exact) mass is 494 g/mol. The summed E-state index contributed by atoms with van der Waals surface area (Å²) in [6.07, 6.45) is 1.89. The number of hydrogen-bond acceptors (Lipinski definition) is 3. The second-order valence-electron chi connectivity index (χ2n) is 8.69. The van der Waals surface area contributed by atoms with Crippen LogP contribution < -0.4 is 10.2 Å². The van der Waals surface area contributed by atoms with E-state index in [-0.39, 0.29) is 11.8 Å². The minimum absolute atomic E-state index is 0.0447. The summed E-state index contributed by atoms with van der Waals surface area (Å²) in [4.78, 5) is 28.5. The Labute approximate surface area is 208 Å². The van der Waals surface area contributed by atoms with E-state index in [1.54, 1.807) is 36.4 Å². The van der Waals surface area contributed by atoms with Crippen molar-refractivity contribution >= 4 is 46.4 Å².